The third-order valence-electron chi connectivity index (χ3n) is 4.97. The summed E-state index contributed by atoms with van der Waals surface area (Å²) in [5.41, 5.74) is 3.16. The highest BCUT2D eigenvalue weighted by Crippen LogP contribution is 2.34. The summed E-state index contributed by atoms with van der Waals surface area (Å²) in [4.78, 5) is 21.5. The van der Waals surface area contributed by atoms with Crippen molar-refractivity contribution in [2.75, 3.05) is 6.54 Å². The van der Waals surface area contributed by atoms with Crippen LogP contribution in [-0.2, 0) is 17.9 Å². The molecular weight excluding hydrogens is 290 g/mol. The van der Waals surface area contributed by atoms with E-state index in [1.54, 1.807) is 12.5 Å². The third kappa shape index (κ3) is 2.77. The predicted octanol–water partition coefficient (Wildman–Crippen LogP) is 2.36. The van der Waals surface area contributed by atoms with E-state index in [1.165, 1.54) is 5.56 Å². The van der Waals surface area contributed by atoms with Gasteiger partial charge in [0.1, 0.15) is 0 Å². The van der Waals surface area contributed by atoms with Crippen LogP contribution in [0.15, 0.2) is 41.2 Å². The number of amides is 1. The van der Waals surface area contributed by atoms with E-state index in [0.717, 1.165) is 30.9 Å². The molecule has 0 bridgehead atoms. The highest BCUT2D eigenvalue weighted by Gasteiger charge is 2.46. The quantitative estimate of drug-likeness (QED) is 0.870. The molecule has 0 N–H and O–H groups in total. The van der Waals surface area contributed by atoms with Crippen LogP contribution in [0.4, 0.5) is 0 Å². The summed E-state index contributed by atoms with van der Waals surface area (Å²) in [5, 5.41) is 0. The molecule has 2 saturated heterocycles. The highest BCUT2D eigenvalue weighted by molar-refractivity contribution is 5.80. The maximum atomic E-state index is 12.5. The van der Waals surface area contributed by atoms with E-state index in [0.29, 0.717) is 25.0 Å². The van der Waals surface area contributed by atoms with Gasteiger partial charge in [-0.2, -0.15) is 0 Å². The average molecular weight is 311 g/mol. The van der Waals surface area contributed by atoms with E-state index >= 15 is 0 Å². The summed E-state index contributed by atoms with van der Waals surface area (Å²) in [5.74, 6) is 0.250. The van der Waals surface area contributed by atoms with Gasteiger partial charge in [-0.05, 0) is 31.5 Å². The topological polar surface area (TPSA) is 49.6 Å². The number of fused-ring (bicyclic) bond motifs is 1. The average Bonchev–Trinajstić information content (AvgIpc) is 3.22. The van der Waals surface area contributed by atoms with Gasteiger partial charge in [-0.25, -0.2) is 0 Å². The number of carbonyl (C=O) groups excluding carboxylic acids is 1. The van der Waals surface area contributed by atoms with Gasteiger partial charge in [-0.1, -0.05) is 6.07 Å². The van der Waals surface area contributed by atoms with E-state index in [2.05, 4.69) is 9.88 Å². The summed E-state index contributed by atoms with van der Waals surface area (Å²) in [7, 11) is 0. The maximum absolute atomic E-state index is 12.5. The van der Waals surface area contributed by atoms with Crippen molar-refractivity contribution >= 4 is 5.91 Å². The van der Waals surface area contributed by atoms with Crippen molar-refractivity contribution in [2.24, 2.45) is 0 Å². The zero-order chi connectivity index (χ0) is 15.8. The van der Waals surface area contributed by atoms with Crippen molar-refractivity contribution < 1.29 is 9.21 Å². The minimum absolute atomic E-state index is 0.250. The first-order valence-electron chi connectivity index (χ1n) is 8.18. The molecule has 2 aromatic heterocycles. The predicted molar refractivity (Wildman–Crippen MR) is 85.5 cm³/mol. The number of nitrogens with zero attached hydrogens (tertiary/aromatic N) is 3. The van der Waals surface area contributed by atoms with Crippen molar-refractivity contribution in [1.29, 1.82) is 0 Å². The molecule has 120 valence electrons. The van der Waals surface area contributed by atoms with Gasteiger partial charge in [0.25, 0.3) is 0 Å². The Morgan fingerprint density at radius 1 is 1.26 bits per heavy atom. The standard InChI is InChI=1S/C18H21N3O2/c1-13-3-2-4-15(19-13)11-21-16-5-7-20(17(16)9-18(21)22)10-14-6-8-23-12-14/h2-4,6,8,12,16-17H,5,7,9-11H2,1H3/t16-,17+/m0/s1. The number of carbonyl (C=O) groups is 1. The Balaban J connectivity index is 1.48. The molecule has 4 rings (SSSR count). The first-order chi connectivity index (χ1) is 11.2. The molecule has 0 unspecified atom stereocenters. The van der Waals surface area contributed by atoms with Crippen LogP contribution in [0.5, 0.6) is 0 Å². The third-order valence-corrected chi connectivity index (χ3v) is 4.97. The number of likely N-dealkylation sites (tertiary alicyclic amines) is 2. The van der Waals surface area contributed by atoms with Gasteiger partial charge in [0.05, 0.1) is 24.8 Å². The van der Waals surface area contributed by atoms with Gasteiger partial charge in [0, 0.05) is 42.9 Å². The fraction of sp³-hybridized carbons (Fsp3) is 0.444. The molecule has 0 aromatic carbocycles. The van der Waals surface area contributed by atoms with Gasteiger partial charge < -0.3 is 9.32 Å². The summed E-state index contributed by atoms with van der Waals surface area (Å²) >= 11 is 0. The first-order valence-corrected chi connectivity index (χ1v) is 8.18. The van der Waals surface area contributed by atoms with Crippen molar-refractivity contribution in [1.82, 2.24) is 14.8 Å². The second-order valence-electron chi connectivity index (χ2n) is 6.52. The molecule has 2 atom stereocenters. The minimum atomic E-state index is 0.250. The van der Waals surface area contributed by atoms with Crippen LogP contribution in [0.1, 0.15) is 29.8 Å². The van der Waals surface area contributed by atoms with E-state index < -0.39 is 0 Å². The summed E-state index contributed by atoms with van der Waals surface area (Å²) in [6.07, 6.45) is 5.16. The Morgan fingerprint density at radius 3 is 2.96 bits per heavy atom. The van der Waals surface area contributed by atoms with Gasteiger partial charge in [0.15, 0.2) is 0 Å². The van der Waals surface area contributed by atoms with Crippen LogP contribution in [0.25, 0.3) is 0 Å². The van der Waals surface area contributed by atoms with Gasteiger partial charge >= 0.3 is 0 Å². The lowest BCUT2D eigenvalue weighted by Gasteiger charge is -2.25. The first kappa shape index (κ1) is 14.5. The number of aromatic nitrogens is 1. The summed E-state index contributed by atoms with van der Waals surface area (Å²) in [6, 6.07) is 8.64. The van der Waals surface area contributed by atoms with Gasteiger partial charge in [-0.3, -0.25) is 14.7 Å². The Bertz CT molecular complexity index is 698. The fourth-order valence-electron chi connectivity index (χ4n) is 3.89. The normalized spacial score (nSPS) is 24.4. The molecule has 2 aliphatic heterocycles. The zero-order valence-corrected chi connectivity index (χ0v) is 13.3. The molecule has 0 saturated carbocycles. The molecule has 1 amide bonds. The Morgan fingerprint density at radius 2 is 2.17 bits per heavy atom. The molecule has 4 heterocycles. The molecular formula is C18H21N3O2. The van der Waals surface area contributed by atoms with Gasteiger partial charge in [0.2, 0.25) is 5.91 Å². The lowest BCUT2D eigenvalue weighted by Crippen LogP contribution is -2.36. The van der Waals surface area contributed by atoms with Crippen molar-refractivity contribution in [2.45, 2.75) is 44.9 Å². The van der Waals surface area contributed by atoms with Gasteiger partial charge in [-0.15, -0.1) is 0 Å². The smallest absolute Gasteiger partial charge is 0.224 e. The Labute approximate surface area is 135 Å². The second-order valence-corrected chi connectivity index (χ2v) is 6.52. The monoisotopic (exact) mass is 311 g/mol. The molecule has 0 aliphatic carbocycles. The number of furan rings is 1. The van der Waals surface area contributed by atoms with Crippen LogP contribution in [0.3, 0.4) is 0 Å². The number of hydrogen-bond donors (Lipinski definition) is 0. The fourth-order valence-corrected chi connectivity index (χ4v) is 3.89. The molecule has 2 aromatic rings. The van der Waals surface area contributed by atoms with Crippen molar-refractivity contribution in [3.05, 3.63) is 53.7 Å². The largest absolute Gasteiger partial charge is 0.472 e. The maximum Gasteiger partial charge on any atom is 0.224 e. The molecule has 0 radical (unpaired) electrons. The van der Waals surface area contributed by atoms with E-state index in [1.807, 2.05) is 36.1 Å². The molecule has 0 spiro atoms. The molecule has 2 fully saturated rings. The zero-order valence-electron chi connectivity index (χ0n) is 13.3. The molecule has 23 heavy (non-hydrogen) atoms. The van der Waals surface area contributed by atoms with Crippen LogP contribution < -0.4 is 0 Å². The number of aryl methyl sites for hydroxylation is 1. The minimum Gasteiger partial charge on any atom is -0.472 e. The van der Waals surface area contributed by atoms with Crippen LogP contribution in [-0.4, -0.2) is 39.3 Å². The second kappa shape index (κ2) is 5.81. The van der Waals surface area contributed by atoms with Crippen LogP contribution in [0, 0.1) is 6.92 Å². The van der Waals surface area contributed by atoms with Crippen molar-refractivity contribution in [3.8, 4) is 0 Å². The Hall–Kier alpha value is -2.14. The summed E-state index contributed by atoms with van der Waals surface area (Å²) in [6.45, 7) is 4.51. The number of hydrogen-bond acceptors (Lipinski definition) is 4. The van der Waals surface area contributed by atoms with E-state index in [9.17, 15) is 4.79 Å². The van der Waals surface area contributed by atoms with Crippen molar-refractivity contribution in [3.63, 3.8) is 0 Å². The molecule has 5 nitrogen and oxygen atoms in total. The summed E-state index contributed by atoms with van der Waals surface area (Å²) < 4.78 is 5.16. The molecule has 2 aliphatic rings. The lowest BCUT2D eigenvalue weighted by molar-refractivity contribution is -0.129. The number of pyridine rings is 1. The van der Waals surface area contributed by atoms with E-state index in [4.69, 9.17) is 4.42 Å². The SMILES string of the molecule is Cc1cccc(CN2C(=O)C[C@@H]3[C@@H]2CCN3Cc2ccoc2)n1. The lowest BCUT2D eigenvalue weighted by atomic mass is 10.1. The Kier molecular flexibility index (Phi) is 3.65. The van der Waals surface area contributed by atoms with E-state index in [-0.39, 0.29) is 5.91 Å². The number of rotatable bonds is 4. The van der Waals surface area contributed by atoms with Crippen LogP contribution >= 0.6 is 0 Å². The molecule has 5 heteroatoms. The highest BCUT2D eigenvalue weighted by atomic mass is 16.3. The van der Waals surface area contributed by atoms with Crippen LogP contribution in [0.2, 0.25) is 0 Å².